The topological polar surface area (TPSA) is 80.0 Å². The number of anilines is 1. The Kier molecular flexibility index (Phi) is 5.83. The molecule has 8 nitrogen and oxygen atoms in total. The van der Waals surface area contributed by atoms with Gasteiger partial charge < -0.3 is 9.80 Å². The van der Waals surface area contributed by atoms with E-state index in [9.17, 15) is 4.79 Å². The largest absolute Gasteiger partial charge is 0.357 e. The van der Waals surface area contributed by atoms with Crippen LogP contribution in [-0.4, -0.2) is 61.7 Å². The second-order valence-electron chi connectivity index (χ2n) is 7.84. The van der Waals surface area contributed by atoms with Crippen LogP contribution in [0.15, 0.2) is 18.7 Å². The summed E-state index contributed by atoms with van der Waals surface area (Å²) in [4.78, 5) is 30.4. The van der Waals surface area contributed by atoms with Gasteiger partial charge in [-0.05, 0) is 39.0 Å². The summed E-state index contributed by atoms with van der Waals surface area (Å²) in [7, 11) is 0. The predicted molar refractivity (Wildman–Crippen MR) is 106 cm³/mol. The van der Waals surface area contributed by atoms with Crippen LogP contribution in [0.4, 0.5) is 5.82 Å². The minimum absolute atomic E-state index is 0.237. The van der Waals surface area contributed by atoms with E-state index in [0.29, 0.717) is 12.3 Å². The number of hydrogen-bond acceptors (Lipinski definition) is 6. The Balaban J connectivity index is 1.29. The summed E-state index contributed by atoms with van der Waals surface area (Å²) in [5, 5.41) is 4.08. The van der Waals surface area contributed by atoms with Gasteiger partial charge in [0.15, 0.2) is 0 Å². The number of nitrogens with zero attached hydrogens (tertiary/aromatic N) is 7. The van der Waals surface area contributed by atoms with Gasteiger partial charge in [0.25, 0.3) is 0 Å². The van der Waals surface area contributed by atoms with Crippen LogP contribution >= 0.6 is 0 Å². The third-order valence-corrected chi connectivity index (χ3v) is 5.75. The van der Waals surface area contributed by atoms with Gasteiger partial charge in [0.05, 0.1) is 0 Å². The average molecular weight is 384 g/mol. The Morgan fingerprint density at radius 3 is 2.64 bits per heavy atom. The van der Waals surface area contributed by atoms with Crippen LogP contribution in [0.25, 0.3) is 0 Å². The number of aromatic nitrogens is 5. The van der Waals surface area contributed by atoms with Gasteiger partial charge in [0.2, 0.25) is 5.91 Å². The molecule has 2 aliphatic heterocycles. The highest BCUT2D eigenvalue weighted by Crippen LogP contribution is 2.28. The Morgan fingerprint density at radius 2 is 1.93 bits per heavy atom. The molecule has 0 unspecified atom stereocenters. The standard InChI is InChI=1S/C20H29N7O/c1-16-13-18(25-8-2-3-9-25)24-20(23-16)17-6-11-26(12-7-17)19(28)5-4-10-27-15-21-14-22-27/h13-15,17H,2-12H2,1H3. The SMILES string of the molecule is Cc1cc(N2CCCC2)nc(C2CCN(C(=O)CCCn3cncn3)CC2)n1. The van der Waals surface area contributed by atoms with Crippen molar-refractivity contribution in [1.29, 1.82) is 0 Å². The molecule has 0 spiro atoms. The van der Waals surface area contributed by atoms with Crippen molar-refractivity contribution in [3.8, 4) is 0 Å². The Bertz CT molecular complexity index is 778. The fourth-order valence-electron chi connectivity index (χ4n) is 4.15. The van der Waals surface area contributed by atoms with Crippen LogP contribution in [-0.2, 0) is 11.3 Å². The van der Waals surface area contributed by atoms with E-state index in [1.165, 1.54) is 19.2 Å². The Morgan fingerprint density at radius 1 is 1.14 bits per heavy atom. The molecule has 4 heterocycles. The Labute approximate surface area is 166 Å². The normalized spacial score (nSPS) is 18.0. The van der Waals surface area contributed by atoms with E-state index in [0.717, 1.165) is 69.3 Å². The molecule has 1 amide bonds. The van der Waals surface area contributed by atoms with Crippen molar-refractivity contribution in [3.63, 3.8) is 0 Å². The van der Waals surface area contributed by atoms with E-state index in [1.807, 2.05) is 4.90 Å². The zero-order chi connectivity index (χ0) is 19.3. The van der Waals surface area contributed by atoms with Gasteiger partial charge in [-0.1, -0.05) is 0 Å². The molecule has 0 aliphatic carbocycles. The van der Waals surface area contributed by atoms with E-state index in [1.54, 1.807) is 11.0 Å². The van der Waals surface area contributed by atoms with Crippen LogP contribution in [0.2, 0.25) is 0 Å². The third kappa shape index (κ3) is 4.48. The zero-order valence-electron chi connectivity index (χ0n) is 16.6. The quantitative estimate of drug-likeness (QED) is 0.760. The second-order valence-corrected chi connectivity index (χ2v) is 7.84. The smallest absolute Gasteiger partial charge is 0.222 e. The average Bonchev–Trinajstić information content (AvgIpc) is 3.42. The Hall–Kier alpha value is -2.51. The monoisotopic (exact) mass is 383 g/mol. The van der Waals surface area contributed by atoms with E-state index in [4.69, 9.17) is 9.97 Å². The van der Waals surface area contributed by atoms with Crippen molar-refractivity contribution in [2.45, 2.75) is 57.9 Å². The summed E-state index contributed by atoms with van der Waals surface area (Å²) in [5.74, 6) is 2.62. The number of hydrogen-bond donors (Lipinski definition) is 0. The molecule has 2 aromatic heterocycles. The van der Waals surface area contributed by atoms with Crippen LogP contribution in [0.3, 0.4) is 0 Å². The van der Waals surface area contributed by atoms with Crippen LogP contribution in [0, 0.1) is 6.92 Å². The van der Waals surface area contributed by atoms with Crippen molar-refractivity contribution in [1.82, 2.24) is 29.6 Å². The van der Waals surface area contributed by atoms with Gasteiger partial charge in [-0.15, -0.1) is 0 Å². The first kappa shape index (κ1) is 18.8. The summed E-state index contributed by atoms with van der Waals surface area (Å²) in [5.41, 5.74) is 1.04. The summed E-state index contributed by atoms with van der Waals surface area (Å²) in [6.45, 7) is 6.57. The number of carbonyl (C=O) groups is 1. The molecule has 2 aliphatic rings. The lowest BCUT2D eigenvalue weighted by Crippen LogP contribution is -2.38. The molecule has 0 N–H and O–H groups in total. The van der Waals surface area contributed by atoms with Crippen molar-refractivity contribution in [2.75, 3.05) is 31.1 Å². The van der Waals surface area contributed by atoms with Crippen LogP contribution < -0.4 is 4.90 Å². The van der Waals surface area contributed by atoms with Gasteiger partial charge in [-0.3, -0.25) is 9.48 Å². The number of piperidine rings is 1. The molecule has 0 saturated carbocycles. The maximum atomic E-state index is 12.5. The maximum Gasteiger partial charge on any atom is 0.222 e. The molecule has 28 heavy (non-hydrogen) atoms. The predicted octanol–water partition coefficient (Wildman–Crippen LogP) is 2.16. The molecule has 4 rings (SSSR count). The van der Waals surface area contributed by atoms with E-state index in [-0.39, 0.29) is 5.91 Å². The number of aryl methyl sites for hydroxylation is 2. The molecular formula is C20H29N7O. The molecule has 2 saturated heterocycles. The lowest BCUT2D eigenvalue weighted by molar-refractivity contribution is -0.132. The molecular weight excluding hydrogens is 354 g/mol. The zero-order valence-corrected chi connectivity index (χ0v) is 16.6. The van der Waals surface area contributed by atoms with Gasteiger partial charge in [0, 0.05) is 56.8 Å². The minimum atomic E-state index is 0.237. The third-order valence-electron chi connectivity index (χ3n) is 5.75. The lowest BCUT2D eigenvalue weighted by Gasteiger charge is -2.32. The van der Waals surface area contributed by atoms with Crippen molar-refractivity contribution in [3.05, 3.63) is 30.2 Å². The summed E-state index contributed by atoms with van der Waals surface area (Å²) in [6.07, 6.45) is 8.94. The van der Waals surface area contributed by atoms with Crippen molar-refractivity contribution in [2.24, 2.45) is 0 Å². The first-order valence-corrected chi connectivity index (χ1v) is 10.4. The highest BCUT2D eigenvalue weighted by molar-refractivity contribution is 5.76. The van der Waals surface area contributed by atoms with Crippen molar-refractivity contribution >= 4 is 11.7 Å². The number of amides is 1. The van der Waals surface area contributed by atoms with Gasteiger partial charge in [0.1, 0.15) is 24.3 Å². The first-order chi connectivity index (χ1) is 13.7. The van der Waals surface area contributed by atoms with Gasteiger partial charge >= 0.3 is 0 Å². The highest BCUT2D eigenvalue weighted by atomic mass is 16.2. The molecule has 2 fully saturated rings. The number of rotatable bonds is 6. The fraction of sp³-hybridized carbons (Fsp3) is 0.650. The molecule has 0 aromatic carbocycles. The van der Waals surface area contributed by atoms with Gasteiger partial charge in [-0.2, -0.15) is 5.10 Å². The van der Waals surface area contributed by atoms with Crippen LogP contribution in [0.5, 0.6) is 0 Å². The second kappa shape index (κ2) is 8.67. The van der Waals surface area contributed by atoms with E-state index >= 15 is 0 Å². The van der Waals surface area contributed by atoms with Crippen LogP contribution in [0.1, 0.15) is 56.0 Å². The molecule has 0 atom stereocenters. The maximum absolute atomic E-state index is 12.5. The fourth-order valence-corrected chi connectivity index (χ4v) is 4.15. The highest BCUT2D eigenvalue weighted by Gasteiger charge is 2.26. The molecule has 0 bridgehead atoms. The molecule has 8 heteroatoms. The van der Waals surface area contributed by atoms with Gasteiger partial charge in [-0.25, -0.2) is 15.0 Å². The summed E-state index contributed by atoms with van der Waals surface area (Å²) < 4.78 is 1.77. The molecule has 150 valence electrons. The number of carbonyl (C=O) groups excluding carboxylic acids is 1. The first-order valence-electron chi connectivity index (χ1n) is 10.4. The summed E-state index contributed by atoms with van der Waals surface area (Å²) >= 11 is 0. The van der Waals surface area contributed by atoms with Crippen molar-refractivity contribution < 1.29 is 4.79 Å². The minimum Gasteiger partial charge on any atom is -0.357 e. The molecule has 2 aromatic rings. The van der Waals surface area contributed by atoms with E-state index < -0.39 is 0 Å². The van der Waals surface area contributed by atoms with E-state index in [2.05, 4.69) is 28.0 Å². The number of likely N-dealkylation sites (tertiary alicyclic amines) is 1. The molecule has 0 radical (unpaired) electrons. The summed E-state index contributed by atoms with van der Waals surface area (Å²) in [6, 6.07) is 2.10. The lowest BCUT2D eigenvalue weighted by atomic mass is 9.95.